The Morgan fingerprint density at radius 2 is 1.85 bits per heavy atom. The smallest absolute Gasteiger partial charge is 0.260 e. The Labute approximate surface area is 154 Å². The van der Waals surface area contributed by atoms with Crippen molar-refractivity contribution in [3.05, 3.63) is 40.8 Å². The van der Waals surface area contributed by atoms with Crippen LogP contribution in [0.2, 0.25) is 0 Å². The van der Waals surface area contributed by atoms with E-state index in [4.69, 9.17) is 14.2 Å². The number of benzene rings is 1. The molecule has 0 aliphatic carbocycles. The van der Waals surface area contributed by atoms with E-state index >= 15 is 0 Å². The molecule has 136 valence electrons. The monoisotopic (exact) mass is 373 g/mol. The zero-order valence-electron chi connectivity index (χ0n) is 14.9. The molecule has 2 aromatic heterocycles. The Hall–Kier alpha value is -3.00. The van der Waals surface area contributed by atoms with Crippen molar-refractivity contribution in [2.24, 2.45) is 0 Å². The summed E-state index contributed by atoms with van der Waals surface area (Å²) in [5.74, 6) is 1.21. The zero-order valence-corrected chi connectivity index (χ0v) is 15.7. The summed E-state index contributed by atoms with van der Waals surface area (Å²) < 4.78 is 15.9. The van der Waals surface area contributed by atoms with Gasteiger partial charge in [0.15, 0.2) is 17.3 Å². The van der Waals surface area contributed by atoms with Crippen LogP contribution in [0.3, 0.4) is 0 Å². The van der Waals surface area contributed by atoms with E-state index in [2.05, 4.69) is 15.5 Å². The van der Waals surface area contributed by atoms with Gasteiger partial charge in [0.25, 0.3) is 5.91 Å². The third kappa shape index (κ3) is 3.36. The van der Waals surface area contributed by atoms with Crippen molar-refractivity contribution in [3.8, 4) is 27.8 Å². The molecule has 26 heavy (non-hydrogen) atoms. The second kappa shape index (κ2) is 7.49. The quantitative estimate of drug-likeness (QED) is 0.688. The molecule has 0 radical (unpaired) electrons. The molecule has 0 spiro atoms. The highest BCUT2D eigenvalue weighted by Crippen LogP contribution is 2.40. The first-order valence-corrected chi connectivity index (χ1v) is 8.61. The van der Waals surface area contributed by atoms with E-state index in [-0.39, 0.29) is 5.91 Å². The molecule has 0 saturated heterocycles. The number of carbonyl (C=O) groups is 1. The van der Waals surface area contributed by atoms with Crippen LogP contribution in [-0.2, 0) is 0 Å². The maximum atomic E-state index is 12.7. The second-order valence-corrected chi connectivity index (χ2v) is 6.70. The lowest BCUT2D eigenvalue weighted by atomic mass is 10.1. The van der Waals surface area contributed by atoms with Crippen LogP contribution in [0.15, 0.2) is 30.3 Å². The molecule has 0 bridgehead atoms. The molecule has 2 N–H and O–H groups in total. The molecule has 3 aromatic rings. The third-order valence-electron chi connectivity index (χ3n) is 3.77. The summed E-state index contributed by atoms with van der Waals surface area (Å²) in [4.78, 5) is 14.9. The number of amides is 1. The number of nitrogens with zero attached hydrogens (tertiary/aromatic N) is 1. The minimum Gasteiger partial charge on any atom is -0.493 e. The van der Waals surface area contributed by atoms with Crippen LogP contribution in [0, 0.1) is 6.92 Å². The summed E-state index contributed by atoms with van der Waals surface area (Å²) in [6.45, 7) is 2.04. The van der Waals surface area contributed by atoms with Crippen LogP contribution in [-0.4, -0.2) is 37.4 Å². The molecule has 0 saturated carbocycles. The van der Waals surface area contributed by atoms with Crippen molar-refractivity contribution in [1.82, 2.24) is 10.2 Å². The summed E-state index contributed by atoms with van der Waals surface area (Å²) in [6, 6.07) is 9.10. The number of rotatable bonds is 6. The summed E-state index contributed by atoms with van der Waals surface area (Å²) in [7, 11) is 4.49. The molecule has 0 aliphatic rings. The Bertz CT molecular complexity index is 932. The highest BCUT2D eigenvalue weighted by atomic mass is 32.1. The van der Waals surface area contributed by atoms with Gasteiger partial charge in [-0.05, 0) is 31.2 Å². The van der Waals surface area contributed by atoms with Gasteiger partial charge in [-0.3, -0.25) is 9.89 Å². The molecule has 2 heterocycles. The van der Waals surface area contributed by atoms with Crippen molar-refractivity contribution < 1.29 is 19.0 Å². The average molecular weight is 373 g/mol. The number of carbonyl (C=O) groups excluding carboxylic acids is 1. The first kappa shape index (κ1) is 17.8. The summed E-state index contributed by atoms with van der Waals surface area (Å²) in [5, 5.41) is 9.85. The topological polar surface area (TPSA) is 85.5 Å². The van der Waals surface area contributed by atoms with Crippen LogP contribution in [0.5, 0.6) is 17.2 Å². The first-order valence-electron chi connectivity index (χ1n) is 7.80. The van der Waals surface area contributed by atoms with Gasteiger partial charge >= 0.3 is 0 Å². The van der Waals surface area contributed by atoms with Crippen molar-refractivity contribution in [1.29, 1.82) is 0 Å². The minimum absolute atomic E-state index is 0.300. The molecule has 1 amide bonds. The van der Waals surface area contributed by atoms with Crippen LogP contribution in [0.4, 0.5) is 5.82 Å². The number of methoxy groups -OCH3 is 3. The molecule has 0 atom stereocenters. The van der Waals surface area contributed by atoms with Crippen LogP contribution in [0.25, 0.3) is 10.6 Å². The number of ether oxygens (including phenoxy) is 3. The van der Waals surface area contributed by atoms with Crippen molar-refractivity contribution in [2.75, 3.05) is 26.6 Å². The molecule has 3 rings (SSSR count). The van der Waals surface area contributed by atoms with Gasteiger partial charge < -0.3 is 19.5 Å². The predicted molar refractivity (Wildman–Crippen MR) is 101 cm³/mol. The largest absolute Gasteiger partial charge is 0.493 e. The fourth-order valence-electron chi connectivity index (χ4n) is 2.56. The van der Waals surface area contributed by atoms with Gasteiger partial charge in [-0.2, -0.15) is 5.10 Å². The maximum Gasteiger partial charge on any atom is 0.260 e. The molecular formula is C18H19N3O4S. The van der Waals surface area contributed by atoms with Crippen molar-refractivity contribution >= 4 is 23.1 Å². The Balaban J connectivity index is 1.86. The van der Waals surface area contributed by atoms with Gasteiger partial charge in [-0.15, -0.1) is 11.3 Å². The average Bonchev–Trinajstić information content (AvgIpc) is 3.28. The molecule has 0 aliphatic heterocycles. The van der Waals surface area contributed by atoms with E-state index in [1.54, 1.807) is 29.5 Å². The molecule has 8 heteroatoms. The van der Waals surface area contributed by atoms with E-state index < -0.39 is 0 Å². The Kier molecular flexibility index (Phi) is 5.13. The maximum absolute atomic E-state index is 12.7. The van der Waals surface area contributed by atoms with Gasteiger partial charge in [-0.25, -0.2) is 0 Å². The number of aromatic nitrogens is 2. The number of thiophene rings is 1. The number of hydrogen-bond donors (Lipinski definition) is 2. The van der Waals surface area contributed by atoms with Gasteiger partial charge in [0.1, 0.15) is 0 Å². The van der Waals surface area contributed by atoms with Crippen LogP contribution in [0.1, 0.15) is 15.2 Å². The summed E-state index contributed by atoms with van der Waals surface area (Å²) in [5.41, 5.74) is 1.17. The molecule has 0 fully saturated rings. The van der Waals surface area contributed by atoms with Gasteiger partial charge in [0, 0.05) is 10.9 Å². The van der Waals surface area contributed by atoms with E-state index in [1.807, 2.05) is 19.1 Å². The number of aryl methyl sites for hydroxylation is 1. The minimum atomic E-state index is -0.358. The van der Waals surface area contributed by atoms with E-state index in [9.17, 15) is 4.79 Å². The van der Waals surface area contributed by atoms with Gasteiger partial charge in [0.2, 0.25) is 5.75 Å². The number of aromatic amines is 1. The SMILES string of the molecule is COc1ccc(C(=O)Nc2cc(-c3ccc(C)s3)[nH]n2)c(OC)c1OC. The number of nitrogens with one attached hydrogen (secondary N) is 2. The van der Waals surface area contributed by atoms with Gasteiger partial charge in [0.05, 0.1) is 37.5 Å². The lowest BCUT2D eigenvalue weighted by Crippen LogP contribution is -2.14. The summed E-state index contributed by atoms with van der Waals surface area (Å²) in [6.07, 6.45) is 0. The van der Waals surface area contributed by atoms with Crippen molar-refractivity contribution in [3.63, 3.8) is 0 Å². The number of hydrogen-bond acceptors (Lipinski definition) is 6. The van der Waals surface area contributed by atoms with Gasteiger partial charge in [-0.1, -0.05) is 0 Å². The normalized spacial score (nSPS) is 10.5. The number of anilines is 1. The highest BCUT2D eigenvalue weighted by molar-refractivity contribution is 7.15. The van der Waals surface area contributed by atoms with E-state index in [0.717, 1.165) is 10.6 Å². The molecule has 0 unspecified atom stereocenters. The molecule has 1 aromatic carbocycles. The Morgan fingerprint density at radius 1 is 1.08 bits per heavy atom. The van der Waals surface area contributed by atoms with E-state index in [0.29, 0.717) is 28.6 Å². The highest BCUT2D eigenvalue weighted by Gasteiger charge is 2.21. The summed E-state index contributed by atoms with van der Waals surface area (Å²) >= 11 is 1.65. The second-order valence-electron chi connectivity index (χ2n) is 5.41. The fourth-order valence-corrected chi connectivity index (χ4v) is 3.39. The third-order valence-corrected chi connectivity index (χ3v) is 4.81. The van der Waals surface area contributed by atoms with Crippen LogP contribution < -0.4 is 19.5 Å². The molecular weight excluding hydrogens is 354 g/mol. The van der Waals surface area contributed by atoms with Crippen LogP contribution >= 0.6 is 11.3 Å². The lowest BCUT2D eigenvalue weighted by molar-refractivity contribution is 0.102. The molecule has 7 nitrogen and oxygen atoms in total. The number of H-pyrrole nitrogens is 1. The van der Waals surface area contributed by atoms with E-state index in [1.165, 1.54) is 26.2 Å². The predicted octanol–water partition coefficient (Wildman–Crippen LogP) is 3.72. The standard InChI is InChI=1S/C18H19N3O4S/c1-10-5-8-14(26-10)12-9-15(21-20-12)19-18(22)11-6-7-13(23-2)17(25-4)16(11)24-3/h5-9H,1-4H3,(H2,19,20,21,22). The fraction of sp³-hybridized carbons (Fsp3) is 0.222. The lowest BCUT2D eigenvalue weighted by Gasteiger charge is -2.15. The zero-order chi connectivity index (χ0) is 18.7. The first-order chi connectivity index (χ1) is 12.6. The van der Waals surface area contributed by atoms with Crippen molar-refractivity contribution in [2.45, 2.75) is 6.92 Å². The Morgan fingerprint density at radius 3 is 2.46 bits per heavy atom.